The van der Waals surface area contributed by atoms with Gasteiger partial charge in [-0.3, -0.25) is 4.79 Å². The van der Waals surface area contributed by atoms with Crippen molar-refractivity contribution in [1.82, 2.24) is 10.1 Å². The zero-order valence-electron chi connectivity index (χ0n) is 10.5. The maximum atomic E-state index is 11.6. The zero-order valence-corrected chi connectivity index (χ0v) is 10.5. The summed E-state index contributed by atoms with van der Waals surface area (Å²) in [7, 11) is 1.66. The van der Waals surface area contributed by atoms with Crippen LogP contribution < -0.4 is 0 Å². The standard InChI is InChI=1S/C12H18N2O3/c1-8(2)9(15)7-10-13-11(14-17-10)12(16-3)5-4-6-12/h8H,4-7H2,1-3H3. The van der Waals surface area contributed by atoms with Crippen molar-refractivity contribution in [1.29, 1.82) is 0 Å². The molecule has 0 radical (unpaired) electrons. The lowest BCUT2D eigenvalue weighted by molar-refractivity contribution is -0.121. The SMILES string of the molecule is COC1(c2noc(CC(=O)C(C)C)n2)CCC1. The molecule has 17 heavy (non-hydrogen) atoms. The molecule has 2 rings (SSSR count). The molecule has 0 amide bonds. The van der Waals surface area contributed by atoms with Crippen molar-refractivity contribution in [3.05, 3.63) is 11.7 Å². The highest BCUT2D eigenvalue weighted by Gasteiger charge is 2.43. The van der Waals surface area contributed by atoms with E-state index >= 15 is 0 Å². The molecule has 1 aliphatic rings. The molecule has 0 aliphatic heterocycles. The number of hydrogen-bond donors (Lipinski definition) is 0. The highest BCUT2D eigenvalue weighted by Crippen LogP contribution is 2.42. The van der Waals surface area contributed by atoms with Crippen molar-refractivity contribution in [3.63, 3.8) is 0 Å². The molecule has 5 nitrogen and oxygen atoms in total. The third kappa shape index (κ3) is 2.24. The molecule has 1 aliphatic carbocycles. The summed E-state index contributed by atoms with van der Waals surface area (Å²) in [5, 5.41) is 3.93. The van der Waals surface area contributed by atoms with E-state index in [1.165, 1.54) is 0 Å². The first-order valence-corrected chi connectivity index (χ1v) is 5.98. The summed E-state index contributed by atoms with van der Waals surface area (Å²) < 4.78 is 10.6. The minimum Gasteiger partial charge on any atom is -0.370 e. The highest BCUT2D eigenvalue weighted by atomic mass is 16.5. The quantitative estimate of drug-likeness (QED) is 0.783. The van der Waals surface area contributed by atoms with Crippen molar-refractivity contribution >= 4 is 5.78 Å². The molecule has 1 saturated carbocycles. The third-order valence-electron chi connectivity index (χ3n) is 3.40. The van der Waals surface area contributed by atoms with Crippen LogP contribution in [0.1, 0.15) is 44.8 Å². The van der Waals surface area contributed by atoms with Crippen molar-refractivity contribution in [2.45, 2.75) is 45.1 Å². The van der Waals surface area contributed by atoms with Gasteiger partial charge in [-0.15, -0.1) is 0 Å². The Morgan fingerprint density at radius 3 is 2.71 bits per heavy atom. The number of carbonyl (C=O) groups is 1. The third-order valence-corrected chi connectivity index (χ3v) is 3.40. The second kappa shape index (κ2) is 4.56. The Morgan fingerprint density at radius 2 is 2.24 bits per heavy atom. The average molecular weight is 238 g/mol. The van der Waals surface area contributed by atoms with Crippen LogP contribution in [0.3, 0.4) is 0 Å². The zero-order chi connectivity index (χ0) is 12.5. The Balaban J connectivity index is 2.08. The van der Waals surface area contributed by atoms with Gasteiger partial charge < -0.3 is 9.26 Å². The molecule has 0 spiro atoms. The molecular formula is C12H18N2O3. The van der Waals surface area contributed by atoms with Crippen LogP contribution in [0.4, 0.5) is 0 Å². The fourth-order valence-electron chi connectivity index (χ4n) is 1.88. The van der Waals surface area contributed by atoms with E-state index in [0.717, 1.165) is 19.3 Å². The minimum atomic E-state index is -0.372. The van der Waals surface area contributed by atoms with E-state index in [0.29, 0.717) is 11.7 Å². The van der Waals surface area contributed by atoms with Gasteiger partial charge in [0.25, 0.3) is 0 Å². The van der Waals surface area contributed by atoms with E-state index in [4.69, 9.17) is 9.26 Å². The number of ether oxygens (including phenoxy) is 1. The summed E-state index contributed by atoms with van der Waals surface area (Å²) in [6, 6.07) is 0. The van der Waals surface area contributed by atoms with Gasteiger partial charge in [0, 0.05) is 13.0 Å². The number of hydrogen-bond acceptors (Lipinski definition) is 5. The smallest absolute Gasteiger partial charge is 0.234 e. The van der Waals surface area contributed by atoms with Crippen molar-refractivity contribution in [2.24, 2.45) is 5.92 Å². The van der Waals surface area contributed by atoms with Gasteiger partial charge in [-0.2, -0.15) is 4.98 Å². The Labute approximate surface area is 101 Å². The number of nitrogens with zero attached hydrogens (tertiary/aromatic N) is 2. The van der Waals surface area contributed by atoms with E-state index in [1.54, 1.807) is 7.11 Å². The first-order chi connectivity index (χ1) is 8.07. The van der Waals surface area contributed by atoms with Gasteiger partial charge in [0.15, 0.2) is 0 Å². The minimum absolute atomic E-state index is 0.00885. The van der Waals surface area contributed by atoms with Crippen LogP contribution >= 0.6 is 0 Å². The normalized spacial score (nSPS) is 18.1. The lowest BCUT2D eigenvalue weighted by atomic mass is 9.79. The van der Waals surface area contributed by atoms with Gasteiger partial charge in [0.05, 0.1) is 6.42 Å². The Bertz CT molecular complexity index is 402. The molecule has 94 valence electrons. The van der Waals surface area contributed by atoms with Crippen molar-refractivity contribution in [3.8, 4) is 0 Å². The second-order valence-corrected chi connectivity index (χ2v) is 4.86. The number of carbonyl (C=O) groups excluding carboxylic acids is 1. The van der Waals surface area contributed by atoms with E-state index in [2.05, 4.69) is 10.1 Å². The Hall–Kier alpha value is -1.23. The number of methoxy groups -OCH3 is 1. The van der Waals surface area contributed by atoms with Crippen LogP contribution in [0.5, 0.6) is 0 Å². The van der Waals surface area contributed by atoms with Crippen molar-refractivity contribution < 1.29 is 14.1 Å². The molecule has 0 saturated heterocycles. The number of ketones is 1. The topological polar surface area (TPSA) is 65.2 Å². The van der Waals surface area contributed by atoms with Gasteiger partial charge >= 0.3 is 0 Å². The van der Waals surface area contributed by atoms with Crippen LogP contribution in [0.25, 0.3) is 0 Å². The molecule has 0 bridgehead atoms. The molecule has 1 aromatic heterocycles. The van der Waals surface area contributed by atoms with Crippen LogP contribution in [0.15, 0.2) is 4.52 Å². The fourth-order valence-corrected chi connectivity index (χ4v) is 1.88. The molecule has 1 aromatic rings. The van der Waals surface area contributed by atoms with Crippen LogP contribution in [-0.2, 0) is 21.6 Å². The van der Waals surface area contributed by atoms with E-state index in [-0.39, 0.29) is 23.7 Å². The fraction of sp³-hybridized carbons (Fsp3) is 0.750. The lowest BCUT2D eigenvalue weighted by Crippen LogP contribution is -2.37. The summed E-state index contributed by atoms with van der Waals surface area (Å²) in [5.41, 5.74) is -0.372. The van der Waals surface area contributed by atoms with E-state index < -0.39 is 0 Å². The Morgan fingerprint density at radius 1 is 1.53 bits per heavy atom. The van der Waals surface area contributed by atoms with E-state index in [9.17, 15) is 4.79 Å². The monoisotopic (exact) mass is 238 g/mol. The van der Waals surface area contributed by atoms with Gasteiger partial charge in [0.1, 0.15) is 11.4 Å². The predicted molar refractivity (Wildman–Crippen MR) is 60.4 cm³/mol. The number of rotatable bonds is 5. The van der Waals surface area contributed by atoms with Gasteiger partial charge in [-0.1, -0.05) is 19.0 Å². The van der Waals surface area contributed by atoms with Crippen LogP contribution in [0.2, 0.25) is 0 Å². The molecule has 0 aromatic carbocycles. The van der Waals surface area contributed by atoms with Crippen LogP contribution in [-0.4, -0.2) is 23.0 Å². The van der Waals surface area contributed by atoms with Gasteiger partial charge in [-0.25, -0.2) is 0 Å². The Kier molecular flexibility index (Phi) is 3.28. The summed E-state index contributed by atoms with van der Waals surface area (Å²) in [6.07, 6.45) is 3.16. The van der Waals surface area contributed by atoms with E-state index in [1.807, 2.05) is 13.8 Å². The summed E-state index contributed by atoms with van der Waals surface area (Å²) in [6.45, 7) is 3.73. The lowest BCUT2D eigenvalue weighted by Gasteiger charge is -2.37. The first kappa shape index (κ1) is 12.2. The average Bonchev–Trinajstić information content (AvgIpc) is 2.66. The maximum absolute atomic E-state index is 11.6. The van der Waals surface area contributed by atoms with Crippen LogP contribution in [0, 0.1) is 5.92 Å². The molecule has 5 heteroatoms. The van der Waals surface area contributed by atoms with Gasteiger partial charge in [-0.05, 0) is 19.3 Å². The summed E-state index contributed by atoms with van der Waals surface area (Å²) >= 11 is 0. The molecule has 1 fully saturated rings. The number of Topliss-reactive ketones (excluding diaryl/α,β-unsaturated/α-hetero) is 1. The molecular weight excluding hydrogens is 220 g/mol. The second-order valence-electron chi connectivity index (χ2n) is 4.86. The van der Waals surface area contributed by atoms with Gasteiger partial charge in [0.2, 0.25) is 11.7 Å². The number of aromatic nitrogens is 2. The largest absolute Gasteiger partial charge is 0.370 e. The molecule has 0 unspecified atom stereocenters. The summed E-state index contributed by atoms with van der Waals surface area (Å²) in [5.74, 6) is 1.07. The molecule has 1 heterocycles. The maximum Gasteiger partial charge on any atom is 0.234 e. The molecule has 0 atom stereocenters. The predicted octanol–water partition coefficient (Wildman–Crippen LogP) is 1.86. The first-order valence-electron chi connectivity index (χ1n) is 5.98. The summed E-state index contributed by atoms with van der Waals surface area (Å²) in [4.78, 5) is 15.8. The van der Waals surface area contributed by atoms with Crippen molar-refractivity contribution in [2.75, 3.05) is 7.11 Å². The molecule has 0 N–H and O–H groups in total. The highest BCUT2D eigenvalue weighted by molar-refractivity contribution is 5.81.